The van der Waals surface area contributed by atoms with Crippen molar-refractivity contribution in [3.63, 3.8) is 0 Å². The summed E-state index contributed by atoms with van der Waals surface area (Å²) in [4.78, 5) is 12.3. The van der Waals surface area contributed by atoms with Gasteiger partial charge in [0.15, 0.2) is 17.3 Å². The summed E-state index contributed by atoms with van der Waals surface area (Å²) in [6, 6.07) is 3.81. The van der Waals surface area contributed by atoms with Gasteiger partial charge >= 0.3 is 0 Å². The van der Waals surface area contributed by atoms with Crippen molar-refractivity contribution in [1.82, 2.24) is 0 Å². The summed E-state index contributed by atoms with van der Waals surface area (Å²) in [5, 5.41) is 0. The van der Waals surface area contributed by atoms with E-state index >= 15 is 0 Å². The Labute approximate surface area is 158 Å². The molecule has 2 heterocycles. The Balaban J connectivity index is 1.79. The zero-order chi connectivity index (χ0) is 19.2. The number of carbonyl (C=O) groups is 1. The second-order valence-corrected chi connectivity index (χ2v) is 6.90. The van der Waals surface area contributed by atoms with Gasteiger partial charge in [0, 0.05) is 17.6 Å². The summed E-state index contributed by atoms with van der Waals surface area (Å²) < 4.78 is 28.1. The van der Waals surface area contributed by atoms with Gasteiger partial charge in [0.2, 0.25) is 18.3 Å². The van der Waals surface area contributed by atoms with Gasteiger partial charge in [-0.3, -0.25) is 4.79 Å². The first kappa shape index (κ1) is 17.5. The molecular formula is C21H22O6. The average molecular weight is 370 g/mol. The highest BCUT2D eigenvalue weighted by Crippen LogP contribution is 2.58. The number of benzene rings is 1. The molecule has 0 saturated carbocycles. The van der Waals surface area contributed by atoms with E-state index in [1.807, 2.05) is 24.3 Å². The van der Waals surface area contributed by atoms with E-state index in [-0.39, 0.29) is 24.6 Å². The topological polar surface area (TPSA) is 63.2 Å². The molecule has 0 N–H and O–H groups in total. The molecular weight excluding hydrogens is 348 g/mol. The summed E-state index contributed by atoms with van der Waals surface area (Å²) in [5.74, 6) is 2.64. The van der Waals surface area contributed by atoms with Gasteiger partial charge in [-0.1, -0.05) is 13.0 Å². The third-order valence-corrected chi connectivity index (χ3v) is 5.58. The molecule has 27 heavy (non-hydrogen) atoms. The van der Waals surface area contributed by atoms with Gasteiger partial charge in [-0.25, -0.2) is 0 Å². The summed E-state index contributed by atoms with van der Waals surface area (Å²) in [6.45, 7) is 6.16. The summed E-state index contributed by atoms with van der Waals surface area (Å²) in [7, 11) is 3.10. The minimum Gasteiger partial charge on any atom is -0.493 e. The fourth-order valence-electron chi connectivity index (χ4n) is 4.12. The minimum absolute atomic E-state index is 0.0325. The van der Waals surface area contributed by atoms with Crippen LogP contribution in [0.15, 0.2) is 48.5 Å². The van der Waals surface area contributed by atoms with E-state index in [9.17, 15) is 4.79 Å². The monoisotopic (exact) mass is 370 g/mol. The first-order chi connectivity index (χ1) is 13.0. The smallest absolute Gasteiger partial charge is 0.231 e. The molecule has 142 valence electrons. The van der Waals surface area contributed by atoms with Crippen LogP contribution in [0, 0.1) is 11.3 Å². The van der Waals surface area contributed by atoms with Crippen molar-refractivity contribution in [2.24, 2.45) is 11.3 Å². The molecule has 0 bridgehead atoms. The van der Waals surface area contributed by atoms with Crippen LogP contribution >= 0.6 is 0 Å². The van der Waals surface area contributed by atoms with E-state index in [4.69, 9.17) is 23.7 Å². The van der Waals surface area contributed by atoms with Crippen molar-refractivity contribution >= 4 is 5.78 Å². The average Bonchev–Trinajstić information content (AvgIpc) is 3.24. The van der Waals surface area contributed by atoms with Crippen LogP contribution in [0.25, 0.3) is 0 Å². The molecule has 1 aliphatic carbocycles. The highest BCUT2D eigenvalue weighted by Gasteiger charge is 2.53. The van der Waals surface area contributed by atoms with Crippen LogP contribution in [0.3, 0.4) is 0 Å². The maximum Gasteiger partial charge on any atom is 0.231 e. The third-order valence-electron chi connectivity index (χ3n) is 5.58. The molecule has 0 radical (unpaired) electrons. The first-order valence-corrected chi connectivity index (χ1v) is 8.82. The molecule has 0 spiro atoms. The SMILES string of the molecule is C=CC[C@]12C=C(OC)C(=O)C=C1O[C@@H](c1cc(OC)c3c(c1)OCO3)[C@H]2C. The van der Waals surface area contributed by atoms with E-state index in [0.29, 0.717) is 35.2 Å². The largest absolute Gasteiger partial charge is 0.493 e. The number of ether oxygens (including phenoxy) is 5. The summed E-state index contributed by atoms with van der Waals surface area (Å²) >= 11 is 0. The van der Waals surface area contributed by atoms with Gasteiger partial charge in [-0.05, 0) is 24.6 Å². The van der Waals surface area contributed by atoms with Gasteiger partial charge in [0.05, 0.1) is 19.6 Å². The molecule has 1 aromatic rings. The lowest BCUT2D eigenvalue weighted by atomic mass is 9.69. The number of methoxy groups -OCH3 is 2. The number of hydrogen-bond acceptors (Lipinski definition) is 6. The van der Waals surface area contributed by atoms with Gasteiger partial charge in [0.1, 0.15) is 11.9 Å². The van der Waals surface area contributed by atoms with Crippen LogP contribution in [-0.4, -0.2) is 26.8 Å². The lowest BCUT2D eigenvalue weighted by Gasteiger charge is -2.31. The van der Waals surface area contributed by atoms with Crippen molar-refractivity contribution in [2.45, 2.75) is 19.4 Å². The Morgan fingerprint density at radius 2 is 2.11 bits per heavy atom. The standard InChI is InChI=1S/C21H22O6/c1-5-6-21-10-17(24-4)14(22)9-18(21)27-19(12(21)2)13-7-15(23-3)20-16(8-13)25-11-26-20/h5,7-10,12,19H,1,6,11H2,2-4H3/t12-,19-,21-/m1/s1. The number of carbonyl (C=O) groups excluding carboxylic acids is 1. The molecule has 3 aliphatic rings. The Morgan fingerprint density at radius 1 is 1.30 bits per heavy atom. The maximum absolute atomic E-state index is 12.3. The number of rotatable bonds is 5. The fourth-order valence-corrected chi connectivity index (χ4v) is 4.12. The molecule has 6 heteroatoms. The van der Waals surface area contributed by atoms with Gasteiger partial charge in [-0.2, -0.15) is 0 Å². The number of hydrogen-bond donors (Lipinski definition) is 0. The van der Waals surface area contributed by atoms with E-state index in [2.05, 4.69) is 13.5 Å². The lowest BCUT2D eigenvalue weighted by molar-refractivity contribution is -0.114. The van der Waals surface area contributed by atoms with Crippen LogP contribution in [-0.2, 0) is 14.3 Å². The Bertz CT molecular complexity index is 868. The maximum atomic E-state index is 12.3. The molecule has 1 saturated heterocycles. The van der Waals surface area contributed by atoms with E-state index < -0.39 is 5.41 Å². The lowest BCUT2D eigenvalue weighted by Crippen LogP contribution is -2.29. The molecule has 6 nitrogen and oxygen atoms in total. The van der Waals surface area contributed by atoms with E-state index in [1.165, 1.54) is 13.2 Å². The molecule has 1 fully saturated rings. The second kappa shape index (κ2) is 6.37. The van der Waals surface area contributed by atoms with Crippen LogP contribution in [0.5, 0.6) is 17.2 Å². The van der Waals surface area contributed by atoms with Crippen molar-refractivity contribution in [2.75, 3.05) is 21.0 Å². The number of fused-ring (bicyclic) bond motifs is 2. The van der Waals surface area contributed by atoms with Crippen LogP contribution in [0.4, 0.5) is 0 Å². The van der Waals surface area contributed by atoms with E-state index in [1.54, 1.807) is 7.11 Å². The normalized spacial score (nSPS) is 28.0. The molecule has 0 amide bonds. The highest BCUT2D eigenvalue weighted by molar-refractivity contribution is 6.04. The van der Waals surface area contributed by atoms with E-state index in [0.717, 1.165) is 5.56 Å². The third kappa shape index (κ3) is 2.51. The Hall–Kier alpha value is -2.89. The zero-order valence-electron chi connectivity index (χ0n) is 15.6. The highest BCUT2D eigenvalue weighted by atomic mass is 16.7. The van der Waals surface area contributed by atoms with Gasteiger partial charge in [0.25, 0.3) is 0 Å². The van der Waals surface area contributed by atoms with Crippen molar-refractivity contribution in [3.8, 4) is 17.2 Å². The fraction of sp³-hybridized carbons (Fsp3) is 0.381. The molecule has 0 unspecified atom stereocenters. The first-order valence-electron chi connectivity index (χ1n) is 8.82. The predicted molar refractivity (Wildman–Crippen MR) is 97.5 cm³/mol. The quantitative estimate of drug-likeness (QED) is 0.737. The molecule has 3 atom stereocenters. The minimum atomic E-state index is -0.477. The van der Waals surface area contributed by atoms with Gasteiger partial charge in [-0.15, -0.1) is 6.58 Å². The van der Waals surface area contributed by atoms with Crippen molar-refractivity contribution in [1.29, 1.82) is 0 Å². The zero-order valence-corrected chi connectivity index (χ0v) is 15.6. The van der Waals surface area contributed by atoms with Crippen LogP contribution < -0.4 is 14.2 Å². The summed E-state index contributed by atoms with van der Waals surface area (Å²) in [5.41, 5.74) is 0.428. The summed E-state index contributed by atoms with van der Waals surface area (Å²) in [6.07, 6.45) is 5.61. The Morgan fingerprint density at radius 3 is 2.81 bits per heavy atom. The number of allylic oxidation sites excluding steroid dienone is 3. The van der Waals surface area contributed by atoms with Crippen molar-refractivity contribution in [3.05, 3.63) is 54.0 Å². The van der Waals surface area contributed by atoms with Crippen LogP contribution in [0.2, 0.25) is 0 Å². The second-order valence-electron chi connectivity index (χ2n) is 6.90. The molecule has 1 aromatic carbocycles. The van der Waals surface area contributed by atoms with Crippen LogP contribution in [0.1, 0.15) is 25.0 Å². The Kier molecular flexibility index (Phi) is 4.13. The molecule has 4 rings (SSSR count). The molecule has 0 aromatic heterocycles. The predicted octanol–water partition coefficient (Wildman–Crippen LogP) is 3.69. The van der Waals surface area contributed by atoms with Gasteiger partial charge < -0.3 is 23.7 Å². The molecule has 2 aliphatic heterocycles. The number of ketones is 1. The van der Waals surface area contributed by atoms with Crippen molar-refractivity contribution < 1.29 is 28.5 Å².